The number of unbranched alkanes of at least 4 members (excludes halogenated alkanes) is 3. The Morgan fingerprint density at radius 2 is 1.11 bits per heavy atom. The molecule has 120 valence electrons. The van der Waals surface area contributed by atoms with Gasteiger partial charge in [-0.2, -0.15) is 0 Å². The van der Waals surface area contributed by atoms with Gasteiger partial charge in [0.25, 0.3) is 0 Å². The Balaban J connectivity index is -0.000000307. The molecule has 2 N–H and O–H groups in total. The second-order valence-corrected chi connectivity index (χ2v) is 5.08. The lowest BCUT2D eigenvalue weighted by Crippen LogP contribution is -1.99. The molecule has 0 rings (SSSR count). The van der Waals surface area contributed by atoms with E-state index in [2.05, 4.69) is 27.7 Å². The highest BCUT2D eigenvalue weighted by molar-refractivity contribution is 4.58. The van der Waals surface area contributed by atoms with Crippen LogP contribution in [0.25, 0.3) is 0 Å². The highest BCUT2D eigenvalue weighted by Crippen LogP contribution is 2.20. The Bertz CT molecular complexity index is 104. The summed E-state index contributed by atoms with van der Waals surface area (Å²) in [7, 11) is 0. The predicted octanol–water partition coefficient (Wildman–Crippen LogP) is 6.55. The predicted molar refractivity (Wildman–Crippen MR) is 92.8 cm³/mol. The lowest BCUT2D eigenvalue weighted by atomic mass is 9.92. The molecular formula is C18H43N. The average Bonchev–Trinajstić information content (AvgIpc) is 2.43. The van der Waals surface area contributed by atoms with Crippen molar-refractivity contribution in [3.05, 3.63) is 0 Å². The van der Waals surface area contributed by atoms with E-state index in [4.69, 9.17) is 5.73 Å². The largest absolute Gasteiger partial charge is 0.330 e. The van der Waals surface area contributed by atoms with Crippen LogP contribution in [0.5, 0.6) is 0 Å². The summed E-state index contributed by atoms with van der Waals surface area (Å²) in [6, 6.07) is 0. The van der Waals surface area contributed by atoms with Gasteiger partial charge in [-0.3, -0.25) is 0 Å². The van der Waals surface area contributed by atoms with Crippen LogP contribution in [0.3, 0.4) is 0 Å². The smallest absolute Gasteiger partial charge is 0.00774 e. The molecule has 0 unspecified atom stereocenters. The first-order valence-electron chi connectivity index (χ1n) is 8.96. The fourth-order valence-electron chi connectivity index (χ4n) is 2.14. The first kappa shape index (κ1) is 24.0. The van der Waals surface area contributed by atoms with E-state index in [1.165, 1.54) is 64.2 Å². The van der Waals surface area contributed by atoms with Crippen LogP contribution in [0.4, 0.5) is 0 Å². The van der Waals surface area contributed by atoms with Crippen LogP contribution < -0.4 is 5.73 Å². The Kier molecular flexibility index (Phi) is 33.5. The third-order valence-corrected chi connectivity index (χ3v) is 3.17. The molecule has 0 spiro atoms. The summed E-state index contributed by atoms with van der Waals surface area (Å²) in [5.74, 6) is 1.03. The third-order valence-electron chi connectivity index (χ3n) is 3.17. The minimum absolute atomic E-state index is 0.844. The summed E-state index contributed by atoms with van der Waals surface area (Å²) in [5.41, 5.74) is 5.14. The minimum atomic E-state index is 0.844. The van der Waals surface area contributed by atoms with Gasteiger partial charge in [-0.25, -0.2) is 0 Å². The first-order valence-corrected chi connectivity index (χ1v) is 8.96. The minimum Gasteiger partial charge on any atom is -0.330 e. The molecular weight excluding hydrogens is 230 g/mol. The van der Waals surface area contributed by atoms with Crippen LogP contribution >= 0.6 is 0 Å². The molecule has 0 saturated carbocycles. The maximum Gasteiger partial charge on any atom is -0.00774 e. The quantitative estimate of drug-likeness (QED) is 0.448. The molecule has 1 heteroatoms. The van der Waals surface area contributed by atoms with Crippen molar-refractivity contribution in [1.82, 2.24) is 0 Å². The summed E-state index contributed by atoms with van der Waals surface area (Å²) in [5, 5.41) is 0. The summed E-state index contributed by atoms with van der Waals surface area (Å²) in [4.78, 5) is 0. The second kappa shape index (κ2) is 26.5. The Morgan fingerprint density at radius 3 is 1.37 bits per heavy atom. The van der Waals surface area contributed by atoms with E-state index in [1.54, 1.807) is 0 Å². The zero-order valence-electron chi connectivity index (χ0n) is 14.9. The fourth-order valence-corrected chi connectivity index (χ4v) is 2.14. The van der Waals surface area contributed by atoms with Crippen molar-refractivity contribution in [3.63, 3.8) is 0 Å². The Hall–Kier alpha value is -0.0400. The van der Waals surface area contributed by atoms with Gasteiger partial charge < -0.3 is 5.73 Å². The molecule has 0 aromatic heterocycles. The Labute approximate surface area is 124 Å². The fraction of sp³-hybridized carbons (Fsp3) is 1.00. The lowest BCUT2D eigenvalue weighted by Gasteiger charge is -2.14. The molecule has 19 heavy (non-hydrogen) atoms. The van der Waals surface area contributed by atoms with Crippen molar-refractivity contribution >= 4 is 0 Å². The zero-order chi connectivity index (χ0) is 15.4. The van der Waals surface area contributed by atoms with Crippen molar-refractivity contribution in [2.75, 3.05) is 6.54 Å². The van der Waals surface area contributed by atoms with Gasteiger partial charge in [-0.15, -0.1) is 0 Å². The van der Waals surface area contributed by atoms with Crippen molar-refractivity contribution in [1.29, 1.82) is 0 Å². The van der Waals surface area contributed by atoms with Gasteiger partial charge >= 0.3 is 0 Å². The molecule has 0 atom stereocenters. The molecule has 0 aliphatic rings. The normalized spacial score (nSPS) is 9.47. The monoisotopic (exact) mass is 273 g/mol. The average molecular weight is 274 g/mol. The van der Waals surface area contributed by atoms with Gasteiger partial charge in [0.05, 0.1) is 0 Å². The third kappa shape index (κ3) is 27.2. The summed E-state index contributed by atoms with van der Waals surface area (Å²) < 4.78 is 0. The maximum absolute atomic E-state index is 5.14. The number of nitrogens with two attached hydrogens (primary N) is 1. The molecule has 1 nitrogen and oxygen atoms in total. The number of hydrogen-bond acceptors (Lipinski definition) is 1. The SMILES string of the molecule is CC.CCCCCC(CCC)CCC.CCCCN. The van der Waals surface area contributed by atoms with Crippen LogP contribution in [-0.4, -0.2) is 6.54 Å². The van der Waals surface area contributed by atoms with Gasteiger partial charge in [0.1, 0.15) is 0 Å². The van der Waals surface area contributed by atoms with Gasteiger partial charge in [-0.05, 0) is 18.9 Å². The maximum atomic E-state index is 5.14. The van der Waals surface area contributed by atoms with Crippen molar-refractivity contribution in [2.24, 2.45) is 11.7 Å². The van der Waals surface area contributed by atoms with Crippen LogP contribution in [0.15, 0.2) is 0 Å². The summed E-state index contributed by atoms with van der Waals surface area (Å²) >= 11 is 0. The topological polar surface area (TPSA) is 26.0 Å². The van der Waals surface area contributed by atoms with Gasteiger partial charge in [0.15, 0.2) is 0 Å². The Morgan fingerprint density at radius 1 is 0.632 bits per heavy atom. The van der Waals surface area contributed by atoms with E-state index < -0.39 is 0 Å². The first-order chi connectivity index (χ1) is 9.26. The van der Waals surface area contributed by atoms with Crippen molar-refractivity contribution in [3.8, 4) is 0 Å². The van der Waals surface area contributed by atoms with E-state index in [9.17, 15) is 0 Å². The summed E-state index contributed by atoms with van der Waals surface area (Å²) in [6.45, 7) is 13.9. The zero-order valence-corrected chi connectivity index (χ0v) is 14.9. The van der Waals surface area contributed by atoms with Crippen LogP contribution in [0, 0.1) is 5.92 Å². The molecule has 0 aromatic rings. The van der Waals surface area contributed by atoms with E-state index in [0.29, 0.717) is 0 Å². The van der Waals surface area contributed by atoms with Crippen molar-refractivity contribution in [2.45, 2.75) is 106 Å². The summed E-state index contributed by atoms with van der Waals surface area (Å²) in [6.07, 6.45) is 13.8. The molecule has 0 aliphatic carbocycles. The molecule has 0 aromatic carbocycles. The molecule has 0 fully saturated rings. The van der Waals surface area contributed by atoms with Crippen LogP contribution in [0.1, 0.15) is 106 Å². The van der Waals surface area contributed by atoms with Crippen molar-refractivity contribution < 1.29 is 0 Å². The molecule has 0 heterocycles. The van der Waals surface area contributed by atoms with E-state index in [-0.39, 0.29) is 0 Å². The highest BCUT2D eigenvalue weighted by atomic mass is 14.5. The van der Waals surface area contributed by atoms with E-state index >= 15 is 0 Å². The van der Waals surface area contributed by atoms with Gasteiger partial charge in [0.2, 0.25) is 0 Å². The molecule has 0 amide bonds. The van der Waals surface area contributed by atoms with Crippen LogP contribution in [-0.2, 0) is 0 Å². The molecule has 0 bridgehead atoms. The second-order valence-electron chi connectivity index (χ2n) is 5.08. The highest BCUT2D eigenvalue weighted by Gasteiger charge is 2.05. The van der Waals surface area contributed by atoms with Crippen LogP contribution in [0.2, 0.25) is 0 Å². The number of hydrogen-bond donors (Lipinski definition) is 1. The van der Waals surface area contributed by atoms with Gasteiger partial charge in [-0.1, -0.05) is 99.3 Å². The number of rotatable bonds is 10. The van der Waals surface area contributed by atoms with E-state index in [1.807, 2.05) is 13.8 Å². The standard InChI is InChI=1S/C12H26.C4H11N.C2H6/c1-4-7-8-11-12(9-5-2)10-6-3;1-2-3-4-5;1-2/h12H,4-11H2,1-3H3;2-5H2,1H3;1-2H3. The molecule has 0 radical (unpaired) electrons. The van der Waals surface area contributed by atoms with Gasteiger partial charge in [0, 0.05) is 0 Å². The molecule has 0 saturated heterocycles. The lowest BCUT2D eigenvalue weighted by molar-refractivity contribution is 0.394. The van der Waals surface area contributed by atoms with E-state index in [0.717, 1.165) is 12.5 Å². The molecule has 0 aliphatic heterocycles.